The van der Waals surface area contributed by atoms with Gasteiger partial charge < -0.3 is 14.1 Å². The quantitative estimate of drug-likeness (QED) is 0.631. The number of alkyl halides is 2. The summed E-state index contributed by atoms with van der Waals surface area (Å²) in [5.74, 6) is -0.487. The second-order valence-corrected chi connectivity index (χ2v) is 6.44. The monoisotopic (exact) mass is 416 g/mol. The second kappa shape index (κ2) is 8.91. The number of urea groups is 1. The maximum Gasteiger partial charge on any atom is 0.325 e. The number of carbonyl (C=O) groups is 1. The highest BCUT2D eigenvalue weighted by Gasteiger charge is 2.25. The fourth-order valence-corrected chi connectivity index (χ4v) is 2.93. The summed E-state index contributed by atoms with van der Waals surface area (Å²) >= 11 is 0. The van der Waals surface area contributed by atoms with E-state index in [9.17, 15) is 13.6 Å². The van der Waals surface area contributed by atoms with Crippen LogP contribution in [-0.4, -0.2) is 57.4 Å². The minimum atomic E-state index is -2.85. The molecule has 1 aliphatic heterocycles. The summed E-state index contributed by atoms with van der Waals surface area (Å²) < 4.78 is 35.5. The van der Waals surface area contributed by atoms with Crippen molar-refractivity contribution in [3.05, 3.63) is 54.4 Å². The van der Waals surface area contributed by atoms with Crippen LogP contribution >= 0.6 is 0 Å². The van der Waals surface area contributed by atoms with Crippen LogP contribution < -0.4 is 4.90 Å². The van der Waals surface area contributed by atoms with E-state index >= 15 is 0 Å². The van der Waals surface area contributed by atoms with E-state index in [0.717, 1.165) is 0 Å². The minimum Gasteiger partial charge on any atom is -0.415 e. The van der Waals surface area contributed by atoms with Crippen LogP contribution in [0.2, 0.25) is 0 Å². The third-order valence-electron chi connectivity index (χ3n) is 4.46. The molecule has 11 heteroatoms. The van der Waals surface area contributed by atoms with Crippen molar-refractivity contribution in [3.63, 3.8) is 0 Å². The van der Waals surface area contributed by atoms with Crippen LogP contribution in [0.3, 0.4) is 0 Å². The summed E-state index contributed by atoms with van der Waals surface area (Å²) in [6, 6.07) is 9.04. The molecule has 0 N–H and O–H groups in total. The first-order valence-electron chi connectivity index (χ1n) is 9.24. The highest BCUT2D eigenvalue weighted by Crippen LogP contribution is 2.23. The van der Waals surface area contributed by atoms with E-state index in [1.807, 2.05) is 30.3 Å². The molecule has 30 heavy (non-hydrogen) atoms. The Morgan fingerprint density at radius 1 is 1.10 bits per heavy atom. The largest absolute Gasteiger partial charge is 0.415 e. The van der Waals surface area contributed by atoms with Gasteiger partial charge in [-0.05, 0) is 12.1 Å². The molecule has 156 valence electrons. The van der Waals surface area contributed by atoms with Gasteiger partial charge in [-0.25, -0.2) is 14.8 Å². The number of nitrogens with zero attached hydrogens (tertiary/aromatic N) is 6. The van der Waals surface area contributed by atoms with Gasteiger partial charge in [0.25, 0.3) is 11.8 Å². The smallest absolute Gasteiger partial charge is 0.325 e. The van der Waals surface area contributed by atoms with Gasteiger partial charge in [-0.3, -0.25) is 4.90 Å². The van der Waals surface area contributed by atoms with Crippen molar-refractivity contribution in [1.82, 2.24) is 25.1 Å². The minimum absolute atomic E-state index is 0.0961. The first kappa shape index (κ1) is 19.8. The molecule has 0 atom stereocenters. The van der Waals surface area contributed by atoms with Crippen LogP contribution in [0.25, 0.3) is 11.5 Å². The number of carbonyl (C=O) groups excluding carboxylic acids is 1. The molecule has 1 aliphatic rings. The number of hydrogen-bond acceptors (Lipinski definition) is 7. The van der Waals surface area contributed by atoms with E-state index < -0.39 is 12.3 Å². The number of hydrogen-bond donors (Lipinski definition) is 0. The Hall–Kier alpha value is -3.47. The fraction of sp³-hybridized carbons (Fsp3) is 0.316. The Morgan fingerprint density at radius 3 is 2.43 bits per heavy atom. The maximum atomic E-state index is 13.1. The van der Waals surface area contributed by atoms with Crippen molar-refractivity contribution in [3.8, 4) is 11.5 Å². The first-order chi connectivity index (χ1) is 14.6. The third kappa shape index (κ3) is 4.40. The van der Waals surface area contributed by atoms with Gasteiger partial charge in [0.2, 0.25) is 0 Å². The topological polar surface area (TPSA) is 97.5 Å². The lowest BCUT2D eigenvalue weighted by atomic mass is 10.3. The van der Waals surface area contributed by atoms with Crippen molar-refractivity contribution in [1.29, 1.82) is 0 Å². The van der Waals surface area contributed by atoms with Crippen LogP contribution in [0.15, 0.2) is 47.1 Å². The molecule has 0 radical (unpaired) electrons. The average Bonchev–Trinajstić information content (AvgIpc) is 3.29. The molecule has 4 rings (SSSR count). The summed E-state index contributed by atoms with van der Waals surface area (Å²) in [5, 5.41) is 6.86. The Balaban J connectivity index is 1.54. The van der Waals surface area contributed by atoms with E-state index in [2.05, 4.69) is 20.2 Å². The molecular formula is C19H18F2N6O3. The van der Waals surface area contributed by atoms with Crippen molar-refractivity contribution >= 4 is 11.7 Å². The SMILES string of the molecule is O=C(N1CCOCC1)N(Cc1ncc(-c2nnc(C(F)F)o2)cn1)c1ccccc1. The van der Waals surface area contributed by atoms with Gasteiger partial charge in [-0.15, -0.1) is 10.2 Å². The molecule has 9 nitrogen and oxygen atoms in total. The number of morpholine rings is 1. The van der Waals surface area contributed by atoms with Crippen molar-refractivity contribution in [2.45, 2.75) is 13.0 Å². The van der Waals surface area contributed by atoms with E-state index in [1.165, 1.54) is 12.4 Å². The normalized spacial score (nSPS) is 14.2. The lowest BCUT2D eigenvalue weighted by molar-refractivity contribution is 0.0547. The molecule has 3 heterocycles. The van der Waals surface area contributed by atoms with Crippen molar-refractivity contribution in [2.24, 2.45) is 0 Å². The summed E-state index contributed by atoms with van der Waals surface area (Å²) in [6.07, 6.45) is -0.0573. The number of aromatic nitrogens is 4. The van der Waals surface area contributed by atoms with Gasteiger partial charge in [0.1, 0.15) is 5.82 Å². The van der Waals surface area contributed by atoms with Gasteiger partial charge in [0.15, 0.2) is 0 Å². The summed E-state index contributed by atoms with van der Waals surface area (Å²) in [4.78, 5) is 24.9. The first-order valence-corrected chi connectivity index (χ1v) is 9.24. The van der Waals surface area contributed by atoms with Gasteiger partial charge in [-0.1, -0.05) is 18.2 Å². The van der Waals surface area contributed by atoms with Gasteiger partial charge >= 0.3 is 12.5 Å². The molecule has 2 amide bonds. The summed E-state index contributed by atoms with van der Waals surface area (Å²) in [6.45, 7) is 2.12. The highest BCUT2D eigenvalue weighted by molar-refractivity contribution is 5.91. The number of anilines is 1. The standard InChI is InChI=1S/C19H18F2N6O3/c20-16(21)18-25-24-17(30-18)13-10-22-15(23-11-13)12-27(14-4-2-1-3-5-14)19(28)26-6-8-29-9-7-26/h1-5,10-11,16H,6-9,12H2. The van der Waals surface area contributed by atoms with E-state index in [-0.39, 0.29) is 18.5 Å². The van der Waals surface area contributed by atoms with Crippen molar-refractivity contribution < 1.29 is 22.7 Å². The van der Waals surface area contributed by atoms with Gasteiger partial charge in [-0.2, -0.15) is 8.78 Å². The number of benzene rings is 1. The lowest BCUT2D eigenvalue weighted by Gasteiger charge is -2.32. The second-order valence-electron chi connectivity index (χ2n) is 6.44. The van der Waals surface area contributed by atoms with Crippen molar-refractivity contribution in [2.75, 3.05) is 31.2 Å². The van der Waals surface area contributed by atoms with Gasteiger partial charge in [0.05, 0.1) is 25.3 Å². The molecule has 1 aromatic carbocycles. The zero-order valence-corrected chi connectivity index (χ0v) is 15.8. The van der Waals surface area contributed by atoms with E-state index in [4.69, 9.17) is 9.15 Å². The van der Waals surface area contributed by atoms with Crippen LogP contribution in [0.4, 0.5) is 19.3 Å². The number of amides is 2. The van der Waals surface area contributed by atoms with E-state index in [0.29, 0.717) is 43.4 Å². The molecule has 1 saturated heterocycles. The molecule has 0 saturated carbocycles. The van der Waals surface area contributed by atoms with Gasteiger partial charge in [0, 0.05) is 31.2 Å². The molecule has 2 aromatic heterocycles. The Morgan fingerprint density at radius 2 is 1.80 bits per heavy atom. The molecule has 0 unspecified atom stereocenters. The van der Waals surface area contributed by atoms with Crippen LogP contribution in [-0.2, 0) is 11.3 Å². The summed E-state index contributed by atoms with van der Waals surface area (Å²) in [7, 11) is 0. The zero-order chi connectivity index (χ0) is 20.9. The Labute approximate surface area is 170 Å². The predicted molar refractivity (Wildman–Crippen MR) is 101 cm³/mol. The molecule has 0 bridgehead atoms. The molecule has 1 fully saturated rings. The molecule has 0 aliphatic carbocycles. The Bertz CT molecular complexity index is 977. The number of halogens is 2. The number of ether oxygens (including phenoxy) is 1. The van der Waals surface area contributed by atoms with Crippen LogP contribution in [0.5, 0.6) is 0 Å². The molecule has 3 aromatic rings. The average molecular weight is 416 g/mol. The lowest BCUT2D eigenvalue weighted by Crippen LogP contribution is -2.48. The molecule has 0 spiro atoms. The highest BCUT2D eigenvalue weighted by atomic mass is 19.3. The zero-order valence-electron chi connectivity index (χ0n) is 15.8. The number of rotatable bonds is 5. The third-order valence-corrected chi connectivity index (χ3v) is 4.46. The predicted octanol–water partition coefficient (Wildman–Crippen LogP) is 2.92. The van der Waals surface area contributed by atoms with E-state index in [1.54, 1.807) is 9.80 Å². The number of para-hydroxylation sites is 1. The fourth-order valence-electron chi connectivity index (χ4n) is 2.93. The summed E-state index contributed by atoms with van der Waals surface area (Å²) in [5.41, 5.74) is 1.02. The Kier molecular flexibility index (Phi) is 5.89. The van der Waals surface area contributed by atoms with Crippen LogP contribution in [0, 0.1) is 0 Å². The maximum absolute atomic E-state index is 13.1. The molecular weight excluding hydrogens is 398 g/mol. The van der Waals surface area contributed by atoms with Crippen LogP contribution in [0.1, 0.15) is 18.1 Å².